The van der Waals surface area contributed by atoms with Crippen molar-refractivity contribution in [1.82, 2.24) is 5.32 Å². The first-order chi connectivity index (χ1) is 9.34. The van der Waals surface area contributed by atoms with Gasteiger partial charge in [0.2, 0.25) is 0 Å². The average Bonchev–Trinajstić information content (AvgIpc) is 2.28. The lowest BCUT2D eigenvalue weighted by atomic mass is 9.77. The van der Waals surface area contributed by atoms with Crippen molar-refractivity contribution in [3.63, 3.8) is 0 Å². The van der Waals surface area contributed by atoms with Gasteiger partial charge in [-0.15, -0.1) is 0 Å². The standard InChI is InChI=1S/C12H11F3N2O3/c13-6-4-7(14)9(8(15)5-6)16-11(20)17-12(10(18)19)2-1-3-12/h4-5H,1-3H2,(H,18,19)(H2,16,17,20). The summed E-state index contributed by atoms with van der Waals surface area (Å²) >= 11 is 0. The van der Waals surface area contributed by atoms with Crippen LogP contribution in [-0.2, 0) is 4.79 Å². The van der Waals surface area contributed by atoms with Crippen LogP contribution in [-0.4, -0.2) is 22.6 Å². The van der Waals surface area contributed by atoms with E-state index >= 15 is 0 Å². The molecule has 0 saturated heterocycles. The van der Waals surface area contributed by atoms with Crippen molar-refractivity contribution in [2.75, 3.05) is 5.32 Å². The van der Waals surface area contributed by atoms with Crippen LogP contribution in [0.3, 0.4) is 0 Å². The van der Waals surface area contributed by atoms with Crippen LogP contribution in [0.25, 0.3) is 0 Å². The van der Waals surface area contributed by atoms with Crippen LogP contribution < -0.4 is 10.6 Å². The Balaban J connectivity index is 2.11. The van der Waals surface area contributed by atoms with Gasteiger partial charge < -0.3 is 15.7 Å². The monoisotopic (exact) mass is 288 g/mol. The molecule has 1 saturated carbocycles. The number of amides is 2. The number of carbonyl (C=O) groups is 2. The molecule has 3 N–H and O–H groups in total. The second-order valence-electron chi connectivity index (χ2n) is 4.56. The summed E-state index contributed by atoms with van der Waals surface area (Å²) in [4.78, 5) is 22.6. The van der Waals surface area contributed by atoms with Crippen LogP contribution in [0.2, 0.25) is 0 Å². The topological polar surface area (TPSA) is 78.4 Å². The molecule has 1 aromatic carbocycles. The Morgan fingerprint density at radius 3 is 2.10 bits per heavy atom. The fraction of sp³-hybridized carbons (Fsp3) is 0.333. The van der Waals surface area contributed by atoms with E-state index in [1.807, 2.05) is 5.32 Å². The van der Waals surface area contributed by atoms with Gasteiger partial charge in [-0.2, -0.15) is 0 Å². The van der Waals surface area contributed by atoms with E-state index in [-0.39, 0.29) is 12.8 Å². The zero-order chi connectivity index (χ0) is 14.9. The van der Waals surface area contributed by atoms with Crippen molar-refractivity contribution in [2.45, 2.75) is 24.8 Å². The minimum atomic E-state index is -1.41. The maximum atomic E-state index is 13.3. The molecule has 0 unspecified atom stereocenters. The molecule has 2 amide bonds. The largest absolute Gasteiger partial charge is 0.480 e. The molecule has 1 aromatic rings. The Morgan fingerprint density at radius 1 is 1.15 bits per heavy atom. The van der Waals surface area contributed by atoms with Gasteiger partial charge in [-0.3, -0.25) is 0 Å². The number of urea groups is 1. The Bertz CT molecular complexity index is 550. The summed E-state index contributed by atoms with van der Waals surface area (Å²) in [5, 5.41) is 13.0. The number of hydrogen-bond donors (Lipinski definition) is 3. The van der Waals surface area contributed by atoms with E-state index in [9.17, 15) is 22.8 Å². The number of carbonyl (C=O) groups excluding carboxylic acids is 1. The van der Waals surface area contributed by atoms with Crippen molar-refractivity contribution in [3.05, 3.63) is 29.6 Å². The van der Waals surface area contributed by atoms with Gasteiger partial charge in [-0.1, -0.05) is 0 Å². The summed E-state index contributed by atoms with van der Waals surface area (Å²) in [7, 11) is 0. The molecule has 1 aliphatic rings. The van der Waals surface area contributed by atoms with Gasteiger partial charge in [0, 0.05) is 12.1 Å². The summed E-state index contributed by atoms with van der Waals surface area (Å²) in [5.74, 6) is -4.89. The van der Waals surface area contributed by atoms with Crippen molar-refractivity contribution in [3.8, 4) is 0 Å². The van der Waals surface area contributed by atoms with Crippen LogP contribution in [0.15, 0.2) is 12.1 Å². The molecule has 2 rings (SSSR count). The number of aliphatic carboxylic acids is 1. The number of nitrogens with one attached hydrogen (secondary N) is 2. The number of carboxylic acid groups (broad SMARTS) is 1. The third-order valence-corrected chi connectivity index (χ3v) is 3.21. The van der Waals surface area contributed by atoms with Crippen LogP contribution in [0.5, 0.6) is 0 Å². The third-order valence-electron chi connectivity index (χ3n) is 3.21. The lowest BCUT2D eigenvalue weighted by Gasteiger charge is -2.38. The lowest BCUT2D eigenvalue weighted by molar-refractivity contribution is -0.148. The van der Waals surface area contributed by atoms with E-state index < -0.39 is 40.7 Å². The molecule has 1 aliphatic carbocycles. The van der Waals surface area contributed by atoms with Crippen molar-refractivity contribution in [2.24, 2.45) is 0 Å². The molecule has 0 aromatic heterocycles. The number of carboxylic acids is 1. The predicted octanol–water partition coefficient (Wildman–Crippen LogP) is 2.23. The number of hydrogen-bond acceptors (Lipinski definition) is 2. The van der Waals surface area contributed by atoms with Gasteiger partial charge in [0.25, 0.3) is 0 Å². The van der Waals surface area contributed by atoms with E-state index in [0.29, 0.717) is 18.6 Å². The molecule has 1 fully saturated rings. The molecule has 0 radical (unpaired) electrons. The van der Waals surface area contributed by atoms with Gasteiger partial charge in [0.15, 0.2) is 11.6 Å². The smallest absolute Gasteiger partial charge is 0.329 e. The van der Waals surface area contributed by atoms with Crippen LogP contribution in [0.1, 0.15) is 19.3 Å². The highest BCUT2D eigenvalue weighted by Crippen LogP contribution is 2.32. The SMILES string of the molecule is O=C(Nc1c(F)cc(F)cc1F)NC1(C(=O)O)CCC1. The Labute approximate surface area is 111 Å². The summed E-state index contributed by atoms with van der Waals surface area (Å²) in [6.45, 7) is 0. The first kappa shape index (κ1) is 14.2. The normalized spacial score (nSPS) is 16.1. The molecule has 5 nitrogen and oxygen atoms in total. The minimum Gasteiger partial charge on any atom is -0.480 e. The van der Waals surface area contributed by atoms with E-state index in [0.717, 1.165) is 0 Å². The third kappa shape index (κ3) is 2.54. The Morgan fingerprint density at radius 2 is 1.70 bits per heavy atom. The molecule has 0 aliphatic heterocycles. The second-order valence-corrected chi connectivity index (χ2v) is 4.56. The maximum Gasteiger partial charge on any atom is 0.329 e. The van der Waals surface area contributed by atoms with E-state index in [1.165, 1.54) is 0 Å². The molecule has 0 atom stereocenters. The quantitative estimate of drug-likeness (QED) is 0.798. The first-order valence-electron chi connectivity index (χ1n) is 5.81. The van der Waals surface area contributed by atoms with Crippen LogP contribution in [0.4, 0.5) is 23.7 Å². The molecule has 108 valence electrons. The van der Waals surface area contributed by atoms with Gasteiger partial charge in [0.05, 0.1) is 0 Å². The second kappa shape index (κ2) is 5.03. The van der Waals surface area contributed by atoms with Crippen molar-refractivity contribution >= 4 is 17.7 Å². The summed E-state index contributed by atoms with van der Waals surface area (Å²) in [6, 6.07) is -0.235. The average molecular weight is 288 g/mol. The Hall–Kier alpha value is -2.25. The fourth-order valence-corrected chi connectivity index (χ4v) is 1.95. The highest BCUT2D eigenvalue weighted by atomic mass is 19.1. The first-order valence-corrected chi connectivity index (χ1v) is 5.81. The van der Waals surface area contributed by atoms with E-state index in [1.54, 1.807) is 0 Å². The van der Waals surface area contributed by atoms with E-state index in [4.69, 9.17) is 5.11 Å². The van der Waals surface area contributed by atoms with Crippen LogP contribution >= 0.6 is 0 Å². The van der Waals surface area contributed by atoms with Gasteiger partial charge in [-0.25, -0.2) is 22.8 Å². The number of rotatable bonds is 3. The van der Waals surface area contributed by atoms with Gasteiger partial charge in [0.1, 0.15) is 17.0 Å². The number of anilines is 1. The highest BCUT2D eigenvalue weighted by molar-refractivity contribution is 5.94. The predicted molar refractivity (Wildman–Crippen MR) is 62.7 cm³/mol. The van der Waals surface area contributed by atoms with Crippen LogP contribution in [0, 0.1) is 17.5 Å². The summed E-state index contributed by atoms with van der Waals surface area (Å²) in [5.41, 5.74) is -2.24. The zero-order valence-electron chi connectivity index (χ0n) is 10.2. The molecule has 0 spiro atoms. The molecule has 20 heavy (non-hydrogen) atoms. The molecule has 0 heterocycles. The number of halogens is 3. The summed E-state index contributed by atoms with van der Waals surface area (Å²) in [6.07, 6.45) is 1.11. The van der Waals surface area contributed by atoms with Gasteiger partial charge in [-0.05, 0) is 19.3 Å². The maximum absolute atomic E-state index is 13.3. The zero-order valence-corrected chi connectivity index (χ0v) is 10.2. The molecular weight excluding hydrogens is 277 g/mol. The highest BCUT2D eigenvalue weighted by Gasteiger charge is 2.45. The van der Waals surface area contributed by atoms with Gasteiger partial charge >= 0.3 is 12.0 Å². The molecular formula is C12H11F3N2O3. The van der Waals surface area contributed by atoms with E-state index in [2.05, 4.69) is 5.32 Å². The minimum absolute atomic E-state index is 0.240. The van der Waals surface area contributed by atoms with Crippen molar-refractivity contribution in [1.29, 1.82) is 0 Å². The fourth-order valence-electron chi connectivity index (χ4n) is 1.95. The Kier molecular flexibility index (Phi) is 3.56. The molecule has 0 bridgehead atoms. The lowest BCUT2D eigenvalue weighted by Crippen LogP contribution is -2.60. The molecule has 8 heteroatoms. The summed E-state index contributed by atoms with van der Waals surface area (Å²) < 4.78 is 39.3. The van der Waals surface area contributed by atoms with Crippen molar-refractivity contribution < 1.29 is 27.9 Å². The number of benzene rings is 1.